The van der Waals surface area contributed by atoms with E-state index in [-0.39, 0.29) is 0 Å². The van der Waals surface area contributed by atoms with E-state index in [9.17, 15) is 5.26 Å². The van der Waals surface area contributed by atoms with Crippen molar-refractivity contribution < 1.29 is 0 Å². The Morgan fingerprint density at radius 1 is 0.730 bits per heavy atom. The molecule has 7 rings (SSSR count). The van der Waals surface area contributed by atoms with Gasteiger partial charge in [-0.05, 0) is 53.6 Å². The second kappa shape index (κ2) is 8.44. The van der Waals surface area contributed by atoms with Crippen molar-refractivity contribution in [2.24, 2.45) is 4.99 Å². The number of nitriles is 1. The molecule has 0 bridgehead atoms. The number of aliphatic imine (C=N–C) groups is 1. The lowest BCUT2D eigenvalue weighted by Gasteiger charge is -2.15. The van der Waals surface area contributed by atoms with Crippen molar-refractivity contribution in [2.75, 3.05) is 7.05 Å². The van der Waals surface area contributed by atoms with Crippen LogP contribution in [-0.2, 0) is 0 Å². The molecule has 4 heteroatoms. The first kappa shape index (κ1) is 21.6. The molecule has 0 atom stereocenters. The minimum Gasteiger partial charge on any atom is -0.309 e. The second-order valence-corrected chi connectivity index (χ2v) is 10.3. The van der Waals surface area contributed by atoms with Gasteiger partial charge in [-0.3, -0.25) is 4.99 Å². The zero-order valence-electron chi connectivity index (χ0n) is 20.1. The summed E-state index contributed by atoms with van der Waals surface area (Å²) in [5.41, 5.74) is 7.28. The molecule has 0 saturated heterocycles. The molecule has 3 nitrogen and oxygen atoms in total. The largest absolute Gasteiger partial charge is 0.309 e. The van der Waals surface area contributed by atoms with Crippen LogP contribution < -0.4 is 0 Å². The fraction of sp³-hybridized carbons (Fsp3) is 0.0303. The van der Waals surface area contributed by atoms with Gasteiger partial charge in [-0.1, -0.05) is 60.7 Å². The van der Waals surface area contributed by atoms with Gasteiger partial charge in [-0.15, -0.1) is 11.3 Å². The van der Waals surface area contributed by atoms with E-state index in [0.717, 1.165) is 33.4 Å². The maximum absolute atomic E-state index is 9.75. The van der Waals surface area contributed by atoms with Crippen LogP contribution >= 0.6 is 11.3 Å². The Bertz CT molecular complexity index is 2010. The Balaban J connectivity index is 1.50. The van der Waals surface area contributed by atoms with Crippen molar-refractivity contribution in [3.05, 3.63) is 114 Å². The summed E-state index contributed by atoms with van der Waals surface area (Å²) in [5, 5.41) is 14.7. The SMILES string of the molecule is C/N=C\c1ccc2c(c1)sc1cc(-c3cc(C#N)ccc3-n3c4ccccc4c4ccccc43)ccc12. The Hall–Kier alpha value is -4.72. The zero-order chi connectivity index (χ0) is 24.9. The quantitative estimate of drug-likeness (QED) is 0.228. The van der Waals surface area contributed by atoms with Gasteiger partial charge in [0.05, 0.1) is 28.4 Å². The number of aromatic nitrogens is 1. The van der Waals surface area contributed by atoms with Crippen molar-refractivity contribution in [3.8, 4) is 22.9 Å². The number of thiophene rings is 1. The Labute approximate surface area is 218 Å². The molecule has 0 radical (unpaired) electrons. The monoisotopic (exact) mass is 491 g/mol. The number of hydrogen-bond donors (Lipinski definition) is 0. The molecule has 2 heterocycles. The predicted molar refractivity (Wildman–Crippen MR) is 157 cm³/mol. The van der Waals surface area contributed by atoms with Crippen LogP contribution in [0.5, 0.6) is 0 Å². The Kier molecular flexibility index (Phi) is 4.92. The molecule has 0 fully saturated rings. The standard InChI is InChI=1S/C33H21N3S/c1-35-20-22-10-13-26-27-14-12-23(18-33(27)37-32(26)17-22)28-16-21(19-34)11-15-31(28)36-29-8-4-2-6-24(29)25-7-3-5-9-30(25)36/h2-18,20H,1H3/b35-20-. The van der Waals surface area contributed by atoms with E-state index < -0.39 is 0 Å². The van der Waals surface area contributed by atoms with Gasteiger partial charge in [-0.2, -0.15) is 5.26 Å². The molecule has 174 valence electrons. The van der Waals surface area contributed by atoms with E-state index in [4.69, 9.17) is 0 Å². The van der Waals surface area contributed by atoms with Crippen LogP contribution in [0.15, 0.2) is 108 Å². The minimum absolute atomic E-state index is 0.652. The number of hydrogen-bond acceptors (Lipinski definition) is 3. The maximum atomic E-state index is 9.75. The molecule has 5 aromatic carbocycles. The topological polar surface area (TPSA) is 41.1 Å². The summed E-state index contributed by atoms with van der Waals surface area (Å²) >= 11 is 1.80. The summed E-state index contributed by atoms with van der Waals surface area (Å²) in [4.78, 5) is 4.16. The molecule has 0 unspecified atom stereocenters. The fourth-order valence-electron chi connectivity index (χ4n) is 5.40. The highest BCUT2D eigenvalue weighted by Crippen LogP contribution is 2.40. The molecule has 0 N–H and O–H groups in total. The summed E-state index contributed by atoms with van der Waals surface area (Å²) in [6.45, 7) is 0. The first-order chi connectivity index (χ1) is 18.2. The summed E-state index contributed by atoms with van der Waals surface area (Å²) < 4.78 is 4.80. The van der Waals surface area contributed by atoms with Crippen molar-refractivity contribution >= 4 is 59.5 Å². The third-order valence-electron chi connectivity index (χ3n) is 7.03. The smallest absolute Gasteiger partial charge is 0.0991 e. The van der Waals surface area contributed by atoms with Crippen LogP contribution in [0.25, 0.3) is 58.8 Å². The van der Waals surface area contributed by atoms with Crippen LogP contribution in [-0.4, -0.2) is 17.8 Å². The van der Waals surface area contributed by atoms with Gasteiger partial charge in [0.1, 0.15) is 0 Å². The molecule has 0 aliphatic heterocycles. The van der Waals surface area contributed by atoms with Gasteiger partial charge in [0.25, 0.3) is 0 Å². The average molecular weight is 492 g/mol. The van der Waals surface area contributed by atoms with E-state index in [2.05, 4.69) is 107 Å². The minimum atomic E-state index is 0.652. The van der Waals surface area contributed by atoms with Crippen molar-refractivity contribution in [2.45, 2.75) is 0 Å². The fourth-order valence-corrected chi connectivity index (χ4v) is 6.60. The van der Waals surface area contributed by atoms with E-state index >= 15 is 0 Å². The third-order valence-corrected chi connectivity index (χ3v) is 8.15. The van der Waals surface area contributed by atoms with Gasteiger partial charge in [0, 0.05) is 49.8 Å². The molecule has 0 saturated carbocycles. The number of benzene rings is 5. The van der Waals surface area contributed by atoms with E-state index in [1.54, 1.807) is 18.4 Å². The van der Waals surface area contributed by atoms with E-state index in [0.29, 0.717) is 5.56 Å². The Morgan fingerprint density at radius 3 is 2.11 bits per heavy atom. The highest BCUT2D eigenvalue weighted by atomic mass is 32.1. The normalized spacial score (nSPS) is 11.8. The Morgan fingerprint density at radius 2 is 1.41 bits per heavy atom. The number of fused-ring (bicyclic) bond motifs is 6. The van der Waals surface area contributed by atoms with E-state index in [1.807, 2.05) is 18.3 Å². The number of rotatable bonds is 3. The van der Waals surface area contributed by atoms with Gasteiger partial charge >= 0.3 is 0 Å². The van der Waals surface area contributed by atoms with Crippen molar-refractivity contribution in [1.82, 2.24) is 4.57 Å². The highest BCUT2D eigenvalue weighted by Gasteiger charge is 2.17. The maximum Gasteiger partial charge on any atom is 0.0991 e. The van der Waals surface area contributed by atoms with Crippen LogP contribution in [0.2, 0.25) is 0 Å². The van der Waals surface area contributed by atoms with Gasteiger partial charge in [0.2, 0.25) is 0 Å². The number of para-hydroxylation sites is 2. The van der Waals surface area contributed by atoms with Gasteiger partial charge in [-0.25, -0.2) is 0 Å². The van der Waals surface area contributed by atoms with Crippen molar-refractivity contribution in [3.63, 3.8) is 0 Å². The summed E-state index contributed by atoms with van der Waals surface area (Å²) in [6, 6.07) is 38.6. The molecule has 7 aromatic rings. The number of nitrogens with zero attached hydrogens (tertiary/aromatic N) is 3. The molecular formula is C33H21N3S. The highest BCUT2D eigenvalue weighted by molar-refractivity contribution is 7.25. The first-order valence-electron chi connectivity index (χ1n) is 12.2. The van der Waals surface area contributed by atoms with Crippen LogP contribution in [0.4, 0.5) is 0 Å². The lowest BCUT2D eigenvalue weighted by molar-refractivity contribution is 1.18. The molecule has 0 spiro atoms. The zero-order valence-corrected chi connectivity index (χ0v) is 21.0. The summed E-state index contributed by atoms with van der Waals surface area (Å²) in [6.07, 6.45) is 1.89. The van der Waals surface area contributed by atoms with Crippen LogP contribution in [0, 0.1) is 11.3 Å². The third kappa shape index (κ3) is 3.36. The van der Waals surface area contributed by atoms with Gasteiger partial charge in [0.15, 0.2) is 0 Å². The first-order valence-corrected chi connectivity index (χ1v) is 13.0. The summed E-state index contributed by atoms with van der Waals surface area (Å²) in [5.74, 6) is 0. The van der Waals surface area contributed by atoms with Gasteiger partial charge < -0.3 is 4.57 Å². The molecule has 0 aliphatic carbocycles. The molecule has 2 aromatic heterocycles. The molecule has 0 aliphatic rings. The average Bonchev–Trinajstić information content (AvgIpc) is 3.47. The van der Waals surface area contributed by atoms with Crippen LogP contribution in [0.3, 0.4) is 0 Å². The lowest BCUT2D eigenvalue weighted by atomic mass is 9.99. The van der Waals surface area contributed by atoms with E-state index in [1.165, 1.54) is 30.9 Å². The second-order valence-electron chi connectivity index (χ2n) is 9.17. The van der Waals surface area contributed by atoms with Crippen LogP contribution in [0.1, 0.15) is 11.1 Å². The molecular weight excluding hydrogens is 470 g/mol. The molecule has 0 amide bonds. The summed E-state index contributed by atoms with van der Waals surface area (Å²) in [7, 11) is 1.80. The van der Waals surface area contributed by atoms with Crippen molar-refractivity contribution in [1.29, 1.82) is 5.26 Å². The lowest BCUT2D eigenvalue weighted by Crippen LogP contribution is -1.98. The molecule has 37 heavy (non-hydrogen) atoms. The predicted octanol–water partition coefficient (Wildman–Crippen LogP) is 8.74.